The summed E-state index contributed by atoms with van der Waals surface area (Å²) in [6.07, 6.45) is 3.17. The van der Waals surface area contributed by atoms with Crippen LogP contribution in [0.25, 0.3) is 10.9 Å². The van der Waals surface area contributed by atoms with Gasteiger partial charge in [-0.2, -0.15) is 0 Å². The van der Waals surface area contributed by atoms with E-state index < -0.39 is 0 Å². The van der Waals surface area contributed by atoms with Gasteiger partial charge in [0.15, 0.2) is 0 Å². The lowest BCUT2D eigenvalue weighted by molar-refractivity contribution is 0.480. The summed E-state index contributed by atoms with van der Waals surface area (Å²) in [6, 6.07) is 3.53. The monoisotopic (exact) mass is 375 g/mol. The zero-order valence-corrected chi connectivity index (χ0v) is 13.3. The Hall–Kier alpha value is -0.550. The third-order valence-electron chi connectivity index (χ3n) is 3.09. The van der Waals surface area contributed by atoms with E-state index in [0.717, 1.165) is 44.5 Å². The van der Waals surface area contributed by atoms with Crippen molar-refractivity contribution in [1.29, 1.82) is 0 Å². The Labute approximate surface area is 126 Å². The summed E-state index contributed by atoms with van der Waals surface area (Å²) in [4.78, 5) is 4.51. The number of aromatic nitrogens is 1. The number of rotatable bonds is 3. The Morgan fingerprint density at radius 2 is 2.11 bits per heavy atom. The molecule has 0 radical (unpaired) electrons. The molecule has 96 valence electrons. The zero-order valence-electron chi connectivity index (χ0n) is 10.4. The van der Waals surface area contributed by atoms with Crippen LogP contribution in [0, 0.1) is 10.5 Å². The van der Waals surface area contributed by atoms with Crippen LogP contribution in [0.5, 0.6) is 5.75 Å². The largest absolute Gasteiger partial charge is 0.506 e. The zero-order chi connectivity index (χ0) is 13.3. The molecule has 0 unspecified atom stereocenters. The number of phenols is 1. The van der Waals surface area contributed by atoms with Crippen LogP contribution in [0.2, 0.25) is 5.02 Å². The summed E-state index contributed by atoms with van der Waals surface area (Å²) in [5.41, 5.74) is 2.62. The molecule has 1 aromatic heterocycles. The fourth-order valence-corrected chi connectivity index (χ4v) is 3.35. The molecule has 0 saturated heterocycles. The molecule has 1 N–H and O–H groups in total. The summed E-state index contributed by atoms with van der Waals surface area (Å²) in [5, 5.41) is 11.5. The Kier molecular flexibility index (Phi) is 4.33. The second-order valence-electron chi connectivity index (χ2n) is 4.38. The van der Waals surface area contributed by atoms with Crippen molar-refractivity contribution in [2.45, 2.75) is 33.1 Å². The molecule has 0 fully saturated rings. The Morgan fingerprint density at radius 3 is 2.78 bits per heavy atom. The number of fused-ring (bicyclic) bond motifs is 1. The second-order valence-corrected chi connectivity index (χ2v) is 5.92. The third-order valence-corrected chi connectivity index (χ3v) is 4.40. The van der Waals surface area contributed by atoms with E-state index in [4.69, 9.17) is 11.6 Å². The van der Waals surface area contributed by atoms with Gasteiger partial charge in [-0.25, -0.2) is 4.98 Å². The first-order valence-electron chi connectivity index (χ1n) is 6.02. The van der Waals surface area contributed by atoms with Gasteiger partial charge in [0.25, 0.3) is 0 Å². The highest BCUT2D eigenvalue weighted by Crippen LogP contribution is 2.36. The number of halogens is 2. The summed E-state index contributed by atoms with van der Waals surface area (Å²) < 4.78 is 1.02. The van der Waals surface area contributed by atoms with E-state index in [0.29, 0.717) is 5.52 Å². The summed E-state index contributed by atoms with van der Waals surface area (Å²) in [6.45, 7) is 4.11. The van der Waals surface area contributed by atoms with Gasteiger partial charge in [-0.05, 0) is 60.1 Å². The highest BCUT2D eigenvalue weighted by atomic mass is 127. The number of benzene rings is 1. The number of nitrogens with zero attached hydrogens (tertiary/aromatic N) is 1. The van der Waals surface area contributed by atoms with Crippen molar-refractivity contribution in [3.05, 3.63) is 32.0 Å². The number of aromatic hydroxyl groups is 1. The van der Waals surface area contributed by atoms with Crippen molar-refractivity contribution in [3.8, 4) is 5.75 Å². The van der Waals surface area contributed by atoms with Gasteiger partial charge in [-0.15, -0.1) is 0 Å². The van der Waals surface area contributed by atoms with Gasteiger partial charge in [-0.1, -0.05) is 24.9 Å². The topological polar surface area (TPSA) is 33.1 Å². The number of hydrogen-bond acceptors (Lipinski definition) is 2. The van der Waals surface area contributed by atoms with Gasteiger partial charge in [0.05, 0.1) is 5.02 Å². The first kappa shape index (κ1) is 13.9. The molecule has 0 atom stereocenters. The minimum atomic E-state index is 0.192. The highest BCUT2D eigenvalue weighted by Gasteiger charge is 2.15. The maximum atomic E-state index is 9.89. The van der Waals surface area contributed by atoms with Crippen molar-refractivity contribution in [2.75, 3.05) is 0 Å². The second kappa shape index (κ2) is 5.61. The van der Waals surface area contributed by atoms with Crippen LogP contribution in [0.4, 0.5) is 0 Å². The molecule has 1 heterocycles. The fraction of sp³-hybridized carbons (Fsp3) is 0.357. The fourth-order valence-electron chi connectivity index (χ4n) is 2.07. The van der Waals surface area contributed by atoms with Gasteiger partial charge in [-0.3, -0.25) is 0 Å². The standard InChI is InChI=1S/C14H15ClINO/c1-3-4-5-9-8(2)17-14-11(18)7-6-10(16)12(14)13(9)15/h6-7,18H,3-5H2,1-2H3. The first-order chi connectivity index (χ1) is 8.56. The van der Waals surface area contributed by atoms with Crippen LogP contribution in [0.3, 0.4) is 0 Å². The van der Waals surface area contributed by atoms with Crippen molar-refractivity contribution >= 4 is 45.1 Å². The molecule has 0 aliphatic carbocycles. The van der Waals surface area contributed by atoms with E-state index in [-0.39, 0.29) is 5.75 Å². The first-order valence-corrected chi connectivity index (χ1v) is 7.48. The number of hydrogen-bond donors (Lipinski definition) is 1. The third kappa shape index (κ3) is 2.43. The van der Waals surface area contributed by atoms with Crippen molar-refractivity contribution in [1.82, 2.24) is 4.98 Å². The highest BCUT2D eigenvalue weighted by molar-refractivity contribution is 14.1. The van der Waals surface area contributed by atoms with Crippen LogP contribution in [0.1, 0.15) is 31.0 Å². The average molecular weight is 376 g/mol. The summed E-state index contributed by atoms with van der Waals surface area (Å²) in [7, 11) is 0. The maximum absolute atomic E-state index is 9.89. The molecule has 1 aromatic carbocycles. The summed E-state index contributed by atoms with van der Waals surface area (Å²) >= 11 is 8.73. The van der Waals surface area contributed by atoms with Crippen LogP contribution in [0.15, 0.2) is 12.1 Å². The van der Waals surface area contributed by atoms with Gasteiger partial charge < -0.3 is 5.11 Å². The van der Waals surface area contributed by atoms with Crippen molar-refractivity contribution < 1.29 is 5.11 Å². The lowest BCUT2D eigenvalue weighted by Crippen LogP contribution is -1.98. The van der Waals surface area contributed by atoms with Crippen LogP contribution < -0.4 is 0 Å². The predicted octanol–water partition coefficient (Wildman–Crippen LogP) is 4.85. The van der Waals surface area contributed by atoms with Crippen LogP contribution in [-0.2, 0) is 6.42 Å². The van der Waals surface area contributed by atoms with E-state index in [9.17, 15) is 5.11 Å². The number of phenolic OH excluding ortho intramolecular Hbond substituents is 1. The van der Waals surface area contributed by atoms with Crippen molar-refractivity contribution in [2.24, 2.45) is 0 Å². The average Bonchev–Trinajstić information content (AvgIpc) is 2.33. The molecular weight excluding hydrogens is 361 g/mol. The quantitative estimate of drug-likeness (QED) is 0.778. The maximum Gasteiger partial charge on any atom is 0.141 e. The van der Waals surface area contributed by atoms with E-state index in [2.05, 4.69) is 34.5 Å². The van der Waals surface area contributed by atoms with Gasteiger partial charge in [0.1, 0.15) is 11.3 Å². The Bertz CT molecular complexity index is 598. The van der Waals surface area contributed by atoms with E-state index >= 15 is 0 Å². The molecule has 0 amide bonds. The minimum absolute atomic E-state index is 0.192. The molecule has 0 spiro atoms. The minimum Gasteiger partial charge on any atom is -0.506 e. The number of aryl methyl sites for hydroxylation is 1. The van der Waals surface area contributed by atoms with E-state index in [1.807, 2.05) is 13.0 Å². The number of unbranched alkanes of at least 4 members (excludes halogenated alkanes) is 1. The lowest BCUT2D eigenvalue weighted by atomic mass is 10.0. The van der Waals surface area contributed by atoms with Gasteiger partial charge in [0.2, 0.25) is 0 Å². The molecule has 18 heavy (non-hydrogen) atoms. The van der Waals surface area contributed by atoms with Crippen molar-refractivity contribution in [3.63, 3.8) is 0 Å². The molecule has 0 aliphatic rings. The lowest BCUT2D eigenvalue weighted by Gasteiger charge is -2.12. The molecule has 2 rings (SSSR count). The molecule has 2 nitrogen and oxygen atoms in total. The molecular formula is C14H15ClINO. The van der Waals surface area contributed by atoms with Gasteiger partial charge >= 0.3 is 0 Å². The Morgan fingerprint density at radius 1 is 1.39 bits per heavy atom. The van der Waals surface area contributed by atoms with Gasteiger partial charge in [0, 0.05) is 14.7 Å². The summed E-state index contributed by atoms with van der Waals surface area (Å²) in [5.74, 6) is 0.192. The molecule has 0 aliphatic heterocycles. The smallest absolute Gasteiger partial charge is 0.141 e. The molecule has 4 heteroatoms. The molecule has 0 bridgehead atoms. The van der Waals surface area contributed by atoms with E-state index in [1.54, 1.807) is 6.07 Å². The van der Waals surface area contributed by atoms with Crippen LogP contribution in [-0.4, -0.2) is 10.1 Å². The van der Waals surface area contributed by atoms with Crippen LogP contribution >= 0.6 is 34.2 Å². The predicted molar refractivity (Wildman–Crippen MR) is 84.5 cm³/mol. The normalized spacial score (nSPS) is 11.1. The molecule has 0 saturated carbocycles. The number of pyridine rings is 1. The van der Waals surface area contributed by atoms with E-state index in [1.165, 1.54) is 0 Å². The Balaban J connectivity index is 2.72. The SMILES string of the molecule is CCCCc1c(C)nc2c(O)ccc(I)c2c1Cl. The molecule has 2 aromatic rings.